The van der Waals surface area contributed by atoms with Crippen LogP contribution in [0.2, 0.25) is 0 Å². The Labute approximate surface area is 84.2 Å². The van der Waals surface area contributed by atoms with Crippen LogP contribution in [0.3, 0.4) is 0 Å². The van der Waals surface area contributed by atoms with Crippen molar-refractivity contribution in [3.63, 3.8) is 0 Å². The molecule has 68 valence electrons. The summed E-state index contributed by atoms with van der Waals surface area (Å²) in [6, 6.07) is 3.71. The lowest BCUT2D eigenvalue weighted by Gasteiger charge is -2.06. The number of hydrogen-bond acceptors (Lipinski definition) is 2. The molecule has 0 radical (unpaired) electrons. The number of carbonyl (C=O) groups excluding carboxylic acids is 1. The van der Waals surface area contributed by atoms with Gasteiger partial charge in [-0.1, -0.05) is 0 Å². The minimum atomic E-state index is 0.0141. The van der Waals surface area contributed by atoms with Gasteiger partial charge in [-0.15, -0.1) is 0 Å². The molecule has 1 aliphatic rings. The predicted octanol–water partition coefficient (Wildman–Crippen LogP) is 1.95. The average molecular weight is 242 g/mol. The number of carbonyl (C=O) groups is 1. The Hall–Kier alpha value is -1.03. The average Bonchev–Trinajstić information content (AvgIpc) is 2.48. The zero-order valence-corrected chi connectivity index (χ0v) is 8.64. The molecule has 0 aromatic heterocycles. The van der Waals surface area contributed by atoms with Gasteiger partial charge < -0.3 is 10.1 Å². The highest BCUT2D eigenvalue weighted by Gasteiger charge is 2.23. The molecule has 1 aliphatic heterocycles. The van der Waals surface area contributed by atoms with E-state index >= 15 is 0 Å². The molecule has 0 saturated heterocycles. The van der Waals surface area contributed by atoms with Crippen LogP contribution >= 0.6 is 15.9 Å². The molecule has 1 aromatic carbocycles. The standard InChI is InChI=1S/C9H8BrNO2/c1-13-7-3-2-6(10)9-5(7)4-8(12)11-9/h2-3H,4H2,1H3,(H,11,12). The molecule has 0 fully saturated rings. The molecular weight excluding hydrogens is 234 g/mol. The molecule has 1 N–H and O–H groups in total. The third-order valence-corrected chi connectivity index (χ3v) is 2.70. The Kier molecular flexibility index (Phi) is 2.00. The van der Waals surface area contributed by atoms with Gasteiger partial charge in [0.05, 0.1) is 19.2 Å². The van der Waals surface area contributed by atoms with Crippen molar-refractivity contribution in [2.24, 2.45) is 0 Å². The summed E-state index contributed by atoms with van der Waals surface area (Å²) in [5, 5.41) is 2.77. The zero-order chi connectivity index (χ0) is 9.42. The third kappa shape index (κ3) is 1.31. The number of nitrogens with one attached hydrogen (secondary N) is 1. The van der Waals surface area contributed by atoms with Crippen molar-refractivity contribution in [3.05, 3.63) is 22.2 Å². The van der Waals surface area contributed by atoms with E-state index in [4.69, 9.17) is 4.74 Å². The van der Waals surface area contributed by atoms with Crippen molar-refractivity contribution in [1.82, 2.24) is 0 Å². The van der Waals surface area contributed by atoms with Crippen molar-refractivity contribution in [2.75, 3.05) is 12.4 Å². The number of rotatable bonds is 1. The molecular formula is C9H8BrNO2. The summed E-state index contributed by atoms with van der Waals surface area (Å²) in [4.78, 5) is 11.1. The monoisotopic (exact) mass is 241 g/mol. The van der Waals surface area contributed by atoms with Gasteiger partial charge >= 0.3 is 0 Å². The topological polar surface area (TPSA) is 38.3 Å². The van der Waals surface area contributed by atoms with E-state index in [0.717, 1.165) is 21.5 Å². The number of hydrogen-bond donors (Lipinski definition) is 1. The number of methoxy groups -OCH3 is 1. The fourth-order valence-electron chi connectivity index (χ4n) is 1.45. The lowest BCUT2D eigenvalue weighted by molar-refractivity contribution is -0.115. The Balaban J connectivity index is 2.58. The number of anilines is 1. The van der Waals surface area contributed by atoms with Gasteiger partial charge in [-0.25, -0.2) is 0 Å². The molecule has 1 aromatic rings. The van der Waals surface area contributed by atoms with Crippen LogP contribution in [0.5, 0.6) is 5.75 Å². The summed E-state index contributed by atoms with van der Waals surface area (Å²) >= 11 is 3.37. The first-order chi connectivity index (χ1) is 6.22. The molecule has 0 saturated carbocycles. The number of halogens is 1. The first-order valence-corrected chi connectivity index (χ1v) is 4.67. The SMILES string of the molecule is COc1ccc(Br)c2c1CC(=O)N2. The Bertz CT molecular complexity index is 376. The second-order valence-electron chi connectivity index (χ2n) is 2.83. The maximum Gasteiger partial charge on any atom is 0.229 e. The minimum Gasteiger partial charge on any atom is -0.496 e. The summed E-state index contributed by atoms with van der Waals surface area (Å²) in [6.07, 6.45) is 0.401. The number of amides is 1. The summed E-state index contributed by atoms with van der Waals surface area (Å²) < 4.78 is 6.04. The van der Waals surface area contributed by atoms with Crippen LogP contribution < -0.4 is 10.1 Å². The van der Waals surface area contributed by atoms with Gasteiger partial charge in [0.25, 0.3) is 0 Å². The van der Waals surface area contributed by atoms with E-state index in [1.165, 1.54) is 0 Å². The smallest absolute Gasteiger partial charge is 0.229 e. The molecule has 1 amide bonds. The summed E-state index contributed by atoms with van der Waals surface area (Å²) in [5.74, 6) is 0.775. The predicted molar refractivity (Wildman–Crippen MR) is 53.0 cm³/mol. The van der Waals surface area contributed by atoms with Crippen LogP contribution in [-0.4, -0.2) is 13.0 Å². The van der Waals surface area contributed by atoms with E-state index in [-0.39, 0.29) is 5.91 Å². The van der Waals surface area contributed by atoms with Crippen LogP contribution in [0, 0.1) is 0 Å². The van der Waals surface area contributed by atoms with Crippen LogP contribution in [0.4, 0.5) is 5.69 Å². The quantitative estimate of drug-likeness (QED) is 0.817. The van der Waals surface area contributed by atoms with E-state index < -0.39 is 0 Å². The molecule has 2 rings (SSSR count). The Morgan fingerprint density at radius 2 is 2.31 bits per heavy atom. The third-order valence-electron chi connectivity index (χ3n) is 2.04. The maximum atomic E-state index is 11.1. The Morgan fingerprint density at radius 3 is 3.00 bits per heavy atom. The largest absolute Gasteiger partial charge is 0.496 e. The first kappa shape index (κ1) is 8.56. The van der Waals surface area contributed by atoms with Crippen molar-refractivity contribution in [2.45, 2.75) is 6.42 Å². The van der Waals surface area contributed by atoms with Crippen molar-refractivity contribution in [3.8, 4) is 5.75 Å². The second-order valence-corrected chi connectivity index (χ2v) is 3.68. The van der Waals surface area contributed by atoms with Gasteiger partial charge in [-0.2, -0.15) is 0 Å². The van der Waals surface area contributed by atoms with Crippen LogP contribution in [0.15, 0.2) is 16.6 Å². The molecule has 3 nitrogen and oxygen atoms in total. The van der Waals surface area contributed by atoms with Crippen molar-refractivity contribution >= 4 is 27.5 Å². The lowest BCUT2D eigenvalue weighted by atomic mass is 10.1. The van der Waals surface area contributed by atoms with E-state index in [1.807, 2.05) is 12.1 Å². The minimum absolute atomic E-state index is 0.0141. The zero-order valence-electron chi connectivity index (χ0n) is 7.06. The number of fused-ring (bicyclic) bond motifs is 1. The Morgan fingerprint density at radius 1 is 1.54 bits per heavy atom. The van der Waals surface area contributed by atoms with Crippen LogP contribution in [-0.2, 0) is 11.2 Å². The highest BCUT2D eigenvalue weighted by atomic mass is 79.9. The van der Waals surface area contributed by atoms with Crippen LogP contribution in [0.1, 0.15) is 5.56 Å². The molecule has 0 spiro atoms. The van der Waals surface area contributed by atoms with Crippen LogP contribution in [0.25, 0.3) is 0 Å². The van der Waals surface area contributed by atoms with E-state index in [2.05, 4.69) is 21.2 Å². The van der Waals surface area contributed by atoms with Gasteiger partial charge in [0.15, 0.2) is 0 Å². The van der Waals surface area contributed by atoms with Gasteiger partial charge in [0, 0.05) is 10.0 Å². The molecule has 0 unspecified atom stereocenters. The van der Waals surface area contributed by atoms with E-state index in [9.17, 15) is 4.79 Å². The van der Waals surface area contributed by atoms with Gasteiger partial charge in [0.2, 0.25) is 5.91 Å². The maximum absolute atomic E-state index is 11.1. The molecule has 13 heavy (non-hydrogen) atoms. The fraction of sp³-hybridized carbons (Fsp3) is 0.222. The molecule has 0 atom stereocenters. The van der Waals surface area contributed by atoms with Gasteiger partial charge in [-0.05, 0) is 28.1 Å². The highest BCUT2D eigenvalue weighted by molar-refractivity contribution is 9.10. The lowest BCUT2D eigenvalue weighted by Crippen LogP contribution is -2.03. The van der Waals surface area contributed by atoms with E-state index in [1.54, 1.807) is 7.11 Å². The van der Waals surface area contributed by atoms with Crippen molar-refractivity contribution < 1.29 is 9.53 Å². The first-order valence-electron chi connectivity index (χ1n) is 3.87. The van der Waals surface area contributed by atoms with Gasteiger partial charge in [0.1, 0.15) is 5.75 Å². The summed E-state index contributed by atoms with van der Waals surface area (Å²) in [6.45, 7) is 0. The fourth-order valence-corrected chi connectivity index (χ4v) is 1.92. The molecule has 0 aliphatic carbocycles. The normalized spacial score (nSPS) is 13.8. The number of benzene rings is 1. The van der Waals surface area contributed by atoms with E-state index in [0.29, 0.717) is 6.42 Å². The van der Waals surface area contributed by atoms with Gasteiger partial charge in [-0.3, -0.25) is 4.79 Å². The highest BCUT2D eigenvalue weighted by Crippen LogP contribution is 2.37. The summed E-state index contributed by atoms with van der Waals surface area (Å²) in [5.41, 5.74) is 1.77. The molecule has 1 heterocycles. The summed E-state index contributed by atoms with van der Waals surface area (Å²) in [7, 11) is 1.60. The molecule has 4 heteroatoms. The second kappa shape index (κ2) is 3.03. The van der Waals surface area contributed by atoms with Crippen molar-refractivity contribution in [1.29, 1.82) is 0 Å². The number of ether oxygens (including phenoxy) is 1. The molecule has 0 bridgehead atoms.